The van der Waals surface area contributed by atoms with Gasteiger partial charge in [-0.1, -0.05) is 62.1 Å². The monoisotopic (exact) mass is 510 g/mol. The van der Waals surface area contributed by atoms with Gasteiger partial charge in [0.2, 0.25) is 11.8 Å². The van der Waals surface area contributed by atoms with Crippen LogP contribution >= 0.6 is 0 Å². The summed E-state index contributed by atoms with van der Waals surface area (Å²) in [7, 11) is 1.66. The summed E-state index contributed by atoms with van der Waals surface area (Å²) in [4.78, 5) is 22.5. The van der Waals surface area contributed by atoms with Crippen molar-refractivity contribution in [1.29, 1.82) is 0 Å². The van der Waals surface area contributed by atoms with Crippen LogP contribution in [0.25, 0.3) is 22.2 Å². The van der Waals surface area contributed by atoms with Gasteiger partial charge in [-0.25, -0.2) is 0 Å². The maximum absolute atomic E-state index is 13.3. The second kappa shape index (κ2) is 12.7. The maximum atomic E-state index is 13.3. The first-order valence-electron chi connectivity index (χ1n) is 14.0. The van der Waals surface area contributed by atoms with Crippen molar-refractivity contribution in [2.24, 2.45) is 11.8 Å². The van der Waals surface area contributed by atoms with Gasteiger partial charge in [0.1, 0.15) is 5.65 Å². The number of amides is 1. The highest BCUT2D eigenvalue weighted by Gasteiger charge is 2.29. The van der Waals surface area contributed by atoms with Crippen LogP contribution in [0.2, 0.25) is 0 Å². The van der Waals surface area contributed by atoms with Crippen molar-refractivity contribution in [2.75, 3.05) is 7.11 Å². The van der Waals surface area contributed by atoms with Gasteiger partial charge in [0.15, 0.2) is 0 Å². The number of carbonyl (C=O) groups excluding carboxylic acids is 1. The fraction of sp³-hybridized carbons (Fsp3) is 0.406. The molecule has 1 N–H and O–H groups in total. The molecule has 1 amide bonds. The standard InChI is InChI=1S/C32H38N4O2/c1-38-30-19-18-28-29(25-14-6-3-7-15-25)23-36(31(28)35-30)21-11-9-17-27(24-12-4-2-5-13-24)32(37)34-22-26-16-8-10-20-33-26/h3,6-8,10,14-16,18-20,23-24,27H,2,4-5,9,11-13,17,21-22H2,1H3,(H,34,37). The molecule has 198 valence electrons. The Labute approximate surface area is 225 Å². The third-order valence-corrected chi connectivity index (χ3v) is 7.88. The zero-order chi connectivity index (χ0) is 26.2. The molecule has 1 atom stereocenters. The number of unbranched alkanes of at least 4 members (excludes halogenated alkanes) is 1. The van der Waals surface area contributed by atoms with Gasteiger partial charge < -0.3 is 14.6 Å². The van der Waals surface area contributed by atoms with Gasteiger partial charge >= 0.3 is 0 Å². The third-order valence-electron chi connectivity index (χ3n) is 7.88. The van der Waals surface area contributed by atoms with E-state index in [0.717, 1.165) is 55.4 Å². The van der Waals surface area contributed by atoms with Crippen molar-refractivity contribution in [1.82, 2.24) is 19.9 Å². The van der Waals surface area contributed by atoms with Crippen molar-refractivity contribution < 1.29 is 9.53 Å². The van der Waals surface area contributed by atoms with E-state index in [2.05, 4.69) is 51.4 Å². The van der Waals surface area contributed by atoms with E-state index in [9.17, 15) is 4.79 Å². The summed E-state index contributed by atoms with van der Waals surface area (Å²) in [5.41, 5.74) is 4.22. The van der Waals surface area contributed by atoms with Crippen LogP contribution in [0.4, 0.5) is 0 Å². The summed E-state index contributed by atoms with van der Waals surface area (Å²) in [6.07, 6.45) is 13.0. The predicted molar refractivity (Wildman–Crippen MR) is 152 cm³/mol. The molecule has 3 heterocycles. The van der Waals surface area contributed by atoms with E-state index in [1.807, 2.05) is 30.3 Å². The summed E-state index contributed by atoms with van der Waals surface area (Å²) < 4.78 is 7.67. The Hall–Kier alpha value is -3.67. The molecule has 0 spiro atoms. The van der Waals surface area contributed by atoms with Gasteiger partial charge in [-0.15, -0.1) is 0 Å². The number of pyridine rings is 2. The number of nitrogens with zero attached hydrogens (tertiary/aromatic N) is 3. The second-order valence-electron chi connectivity index (χ2n) is 10.4. The average Bonchev–Trinajstić information content (AvgIpc) is 3.35. The first kappa shape index (κ1) is 26.0. The first-order chi connectivity index (χ1) is 18.7. The predicted octanol–water partition coefficient (Wildman–Crippen LogP) is 6.79. The molecule has 1 fully saturated rings. The van der Waals surface area contributed by atoms with E-state index in [-0.39, 0.29) is 11.8 Å². The number of aromatic nitrogens is 3. The van der Waals surface area contributed by atoms with E-state index < -0.39 is 0 Å². The molecule has 5 rings (SSSR count). The third kappa shape index (κ3) is 6.24. The summed E-state index contributed by atoms with van der Waals surface area (Å²) >= 11 is 0. The summed E-state index contributed by atoms with van der Waals surface area (Å²) in [5.74, 6) is 1.36. The van der Waals surface area contributed by atoms with Gasteiger partial charge in [-0.3, -0.25) is 9.78 Å². The molecular weight excluding hydrogens is 472 g/mol. The number of ether oxygens (including phenoxy) is 1. The molecule has 1 unspecified atom stereocenters. The molecule has 1 saturated carbocycles. The van der Waals surface area contributed by atoms with Gasteiger partial charge in [-0.05, 0) is 55.4 Å². The highest BCUT2D eigenvalue weighted by atomic mass is 16.5. The van der Waals surface area contributed by atoms with E-state index in [4.69, 9.17) is 9.72 Å². The van der Waals surface area contributed by atoms with Crippen LogP contribution in [-0.4, -0.2) is 27.6 Å². The number of nitrogens with one attached hydrogen (secondary N) is 1. The van der Waals surface area contributed by atoms with Crippen molar-refractivity contribution in [2.45, 2.75) is 64.5 Å². The normalized spacial score (nSPS) is 14.9. The molecular formula is C32H38N4O2. The molecule has 3 aromatic heterocycles. The van der Waals surface area contributed by atoms with Crippen LogP contribution in [0.1, 0.15) is 57.1 Å². The Bertz CT molecular complexity index is 1310. The Morgan fingerprint density at radius 3 is 2.61 bits per heavy atom. The Kier molecular flexibility index (Phi) is 8.69. The molecule has 6 nitrogen and oxygen atoms in total. The fourth-order valence-corrected chi connectivity index (χ4v) is 5.85. The minimum absolute atomic E-state index is 0.0681. The first-order valence-corrected chi connectivity index (χ1v) is 14.0. The fourth-order valence-electron chi connectivity index (χ4n) is 5.85. The van der Waals surface area contributed by atoms with E-state index in [0.29, 0.717) is 18.3 Å². The molecule has 0 saturated heterocycles. The Morgan fingerprint density at radius 1 is 1.03 bits per heavy atom. The lowest BCUT2D eigenvalue weighted by Crippen LogP contribution is -2.35. The smallest absolute Gasteiger partial charge is 0.223 e. The van der Waals surface area contributed by atoms with E-state index in [1.54, 1.807) is 13.3 Å². The van der Waals surface area contributed by atoms with Gasteiger partial charge in [-0.2, -0.15) is 4.98 Å². The highest BCUT2D eigenvalue weighted by Crippen LogP contribution is 2.34. The molecule has 4 aromatic rings. The van der Waals surface area contributed by atoms with Crippen molar-refractivity contribution >= 4 is 16.9 Å². The van der Waals surface area contributed by atoms with E-state index >= 15 is 0 Å². The molecule has 38 heavy (non-hydrogen) atoms. The van der Waals surface area contributed by atoms with Crippen LogP contribution in [0.5, 0.6) is 5.88 Å². The molecule has 1 aliphatic rings. The lowest BCUT2D eigenvalue weighted by molar-refractivity contribution is -0.127. The van der Waals surface area contributed by atoms with Gasteiger partial charge in [0.05, 0.1) is 19.3 Å². The molecule has 1 aliphatic carbocycles. The number of methoxy groups -OCH3 is 1. The van der Waals surface area contributed by atoms with E-state index in [1.165, 1.54) is 30.4 Å². The topological polar surface area (TPSA) is 69.0 Å². The molecule has 0 aliphatic heterocycles. The lowest BCUT2D eigenvalue weighted by atomic mass is 9.77. The largest absolute Gasteiger partial charge is 0.481 e. The Balaban J connectivity index is 1.26. The minimum atomic E-state index is 0.0681. The molecule has 0 radical (unpaired) electrons. The molecule has 1 aromatic carbocycles. The number of rotatable bonds is 11. The quantitative estimate of drug-likeness (QED) is 0.226. The number of hydrogen-bond acceptors (Lipinski definition) is 4. The van der Waals surface area contributed by atoms with Gasteiger partial charge in [0.25, 0.3) is 0 Å². The Morgan fingerprint density at radius 2 is 1.84 bits per heavy atom. The maximum Gasteiger partial charge on any atom is 0.223 e. The number of fused-ring (bicyclic) bond motifs is 1. The zero-order valence-electron chi connectivity index (χ0n) is 22.3. The summed E-state index contributed by atoms with van der Waals surface area (Å²) in [5, 5.41) is 4.31. The number of benzene rings is 1. The molecule has 0 bridgehead atoms. The van der Waals surface area contributed by atoms with Crippen LogP contribution in [0, 0.1) is 11.8 Å². The van der Waals surface area contributed by atoms with Crippen molar-refractivity contribution in [3.05, 3.63) is 78.8 Å². The van der Waals surface area contributed by atoms with Gasteiger partial charge in [0, 0.05) is 41.9 Å². The van der Waals surface area contributed by atoms with Crippen molar-refractivity contribution in [3.63, 3.8) is 0 Å². The lowest BCUT2D eigenvalue weighted by Gasteiger charge is -2.29. The van der Waals surface area contributed by atoms with Crippen LogP contribution in [0.15, 0.2) is 73.1 Å². The summed E-state index contributed by atoms with van der Waals surface area (Å²) in [6.45, 7) is 1.35. The molecule has 6 heteroatoms. The SMILES string of the molecule is COc1ccc2c(-c3ccccc3)cn(CCCCC(C(=O)NCc3ccccn3)C3CCCCC3)c2n1. The highest BCUT2D eigenvalue weighted by molar-refractivity contribution is 5.94. The number of carbonyl (C=O) groups is 1. The summed E-state index contributed by atoms with van der Waals surface area (Å²) in [6, 6.07) is 20.3. The average molecular weight is 511 g/mol. The van der Waals surface area contributed by atoms with Crippen molar-refractivity contribution in [3.8, 4) is 17.0 Å². The number of hydrogen-bond donors (Lipinski definition) is 1. The van der Waals surface area contributed by atoms with Crippen LogP contribution in [0.3, 0.4) is 0 Å². The number of aryl methyl sites for hydroxylation is 1. The zero-order valence-corrected chi connectivity index (χ0v) is 22.3. The minimum Gasteiger partial charge on any atom is -0.481 e. The second-order valence-corrected chi connectivity index (χ2v) is 10.4. The van der Waals surface area contributed by atoms with Crippen LogP contribution < -0.4 is 10.1 Å². The van der Waals surface area contributed by atoms with Crippen LogP contribution in [-0.2, 0) is 17.9 Å².